The molecule has 0 aliphatic carbocycles. The summed E-state index contributed by atoms with van der Waals surface area (Å²) in [6.45, 7) is 3.89. The van der Waals surface area contributed by atoms with Gasteiger partial charge in [-0.2, -0.15) is 5.26 Å². The second kappa shape index (κ2) is 6.73. The highest BCUT2D eigenvalue weighted by molar-refractivity contribution is 7.15. The molecule has 1 fully saturated rings. The number of pyridine rings is 1. The summed E-state index contributed by atoms with van der Waals surface area (Å²) in [5.74, 6) is 0.428. The van der Waals surface area contributed by atoms with E-state index in [1.54, 1.807) is 18.3 Å². The number of carbonyl (C=O) groups is 1. The first kappa shape index (κ1) is 15.4. The van der Waals surface area contributed by atoms with Crippen molar-refractivity contribution >= 4 is 22.4 Å². The van der Waals surface area contributed by atoms with Crippen LogP contribution in [0.4, 0.5) is 5.13 Å². The summed E-state index contributed by atoms with van der Waals surface area (Å²) in [5.41, 5.74) is 0.521. The summed E-state index contributed by atoms with van der Waals surface area (Å²) in [6.07, 6.45) is 3.40. The third-order valence-electron chi connectivity index (χ3n) is 3.29. The number of ether oxygens (including phenoxy) is 1. The molecule has 0 unspecified atom stereocenters. The van der Waals surface area contributed by atoms with Crippen LogP contribution in [0.1, 0.15) is 17.4 Å². The number of carbonyl (C=O) groups excluding carboxylic acids is 1. The van der Waals surface area contributed by atoms with E-state index in [9.17, 15) is 4.79 Å². The van der Waals surface area contributed by atoms with Crippen molar-refractivity contribution in [2.45, 2.75) is 19.6 Å². The third kappa shape index (κ3) is 4.03. The van der Waals surface area contributed by atoms with Crippen LogP contribution >= 0.6 is 11.3 Å². The van der Waals surface area contributed by atoms with Crippen LogP contribution in [0, 0.1) is 11.3 Å². The van der Waals surface area contributed by atoms with Crippen molar-refractivity contribution in [1.29, 1.82) is 5.26 Å². The lowest BCUT2D eigenvalue weighted by Gasteiger charge is -2.38. The second-order valence-corrected chi connectivity index (χ2v) is 6.36. The fourth-order valence-corrected chi connectivity index (χ4v) is 3.12. The van der Waals surface area contributed by atoms with E-state index in [-0.39, 0.29) is 12.0 Å². The van der Waals surface area contributed by atoms with Crippen LogP contribution in [0.25, 0.3) is 0 Å². The topological polar surface area (TPSA) is 91.1 Å². The molecule has 0 radical (unpaired) electrons. The summed E-state index contributed by atoms with van der Waals surface area (Å²) in [5, 5.41) is 12.0. The Morgan fingerprint density at radius 2 is 2.30 bits per heavy atom. The van der Waals surface area contributed by atoms with Gasteiger partial charge >= 0.3 is 0 Å². The van der Waals surface area contributed by atoms with Gasteiger partial charge in [-0.15, -0.1) is 11.3 Å². The summed E-state index contributed by atoms with van der Waals surface area (Å²) in [6, 6.07) is 5.43. The van der Waals surface area contributed by atoms with Gasteiger partial charge in [-0.05, 0) is 6.07 Å². The van der Waals surface area contributed by atoms with Crippen molar-refractivity contribution in [3.8, 4) is 11.9 Å². The summed E-state index contributed by atoms with van der Waals surface area (Å²) >= 11 is 1.48. The van der Waals surface area contributed by atoms with Crippen LogP contribution in [0.5, 0.6) is 5.88 Å². The second-order valence-electron chi connectivity index (χ2n) is 5.24. The van der Waals surface area contributed by atoms with Crippen LogP contribution < -0.4 is 10.1 Å². The molecule has 0 bridgehead atoms. The van der Waals surface area contributed by atoms with Crippen LogP contribution in [-0.2, 0) is 11.3 Å². The van der Waals surface area contributed by atoms with E-state index in [1.807, 2.05) is 6.07 Å². The highest BCUT2D eigenvalue weighted by Gasteiger charge is 2.29. The molecule has 7 nitrogen and oxygen atoms in total. The predicted octanol–water partition coefficient (Wildman–Crippen LogP) is 1.63. The van der Waals surface area contributed by atoms with Crippen molar-refractivity contribution < 1.29 is 9.53 Å². The Morgan fingerprint density at radius 3 is 2.96 bits per heavy atom. The molecule has 3 heterocycles. The lowest BCUT2D eigenvalue weighted by Crippen LogP contribution is -2.53. The highest BCUT2D eigenvalue weighted by Crippen LogP contribution is 2.23. The smallest absolute Gasteiger partial charge is 0.223 e. The Balaban J connectivity index is 1.44. The Hall–Kier alpha value is -2.50. The molecule has 0 atom stereocenters. The standard InChI is InChI=1S/C15H15N5O2S/c1-10(21)19-15-18-6-13(23-15)9-20-7-12(8-20)22-14-3-2-11(4-16)5-17-14/h2-3,5-6,12H,7-9H2,1H3,(H,18,19,21). The molecule has 1 aliphatic heterocycles. The number of likely N-dealkylation sites (tertiary alicyclic amines) is 1. The van der Waals surface area contributed by atoms with E-state index in [1.165, 1.54) is 24.5 Å². The van der Waals surface area contributed by atoms with Gasteiger partial charge in [-0.3, -0.25) is 9.69 Å². The molecule has 1 saturated heterocycles. The third-order valence-corrected chi connectivity index (χ3v) is 4.19. The van der Waals surface area contributed by atoms with Crippen molar-refractivity contribution in [2.75, 3.05) is 18.4 Å². The van der Waals surface area contributed by atoms with Gasteiger partial charge in [-0.25, -0.2) is 9.97 Å². The molecule has 23 heavy (non-hydrogen) atoms. The summed E-state index contributed by atoms with van der Waals surface area (Å²) in [7, 11) is 0. The SMILES string of the molecule is CC(=O)Nc1ncc(CN2CC(Oc3ccc(C#N)cn3)C2)s1. The zero-order valence-electron chi connectivity index (χ0n) is 12.5. The minimum atomic E-state index is -0.113. The fraction of sp³-hybridized carbons (Fsp3) is 0.333. The molecule has 3 rings (SSSR count). The number of thiazole rings is 1. The average molecular weight is 329 g/mol. The molecule has 1 N–H and O–H groups in total. The molecule has 118 valence electrons. The van der Waals surface area contributed by atoms with E-state index in [4.69, 9.17) is 10.00 Å². The molecule has 0 aromatic carbocycles. The molecule has 0 saturated carbocycles. The molecule has 0 spiro atoms. The number of aromatic nitrogens is 2. The number of hydrogen-bond acceptors (Lipinski definition) is 7. The van der Waals surface area contributed by atoms with Crippen LogP contribution in [-0.4, -0.2) is 40.0 Å². The lowest BCUT2D eigenvalue weighted by molar-refractivity contribution is -0.114. The maximum absolute atomic E-state index is 11.0. The Bertz CT molecular complexity index is 731. The van der Waals surface area contributed by atoms with Gasteiger partial charge in [0, 0.05) is 49.9 Å². The van der Waals surface area contributed by atoms with Crippen molar-refractivity contribution in [3.63, 3.8) is 0 Å². The number of hydrogen-bond donors (Lipinski definition) is 1. The number of rotatable bonds is 5. The maximum Gasteiger partial charge on any atom is 0.223 e. The highest BCUT2D eigenvalue weighted by atomic mass is 32.1. The van der Waals surface area contributed by atoms with E-state index in [0.29, 0.717) is 16.6 Å². The van der Waals surface area contributed by atoms with E-state index in [0.717, 1.165) is 24.5 Å². The van der Waals surface area contributed by atoms with E-state index in [2.05, 4.69) is 20.2 Å². The summed E-state index contributed by atoms with van der Waals surface area (Å²) in [4.78, 5) is 22.6. The van der Waals surface area contributed by atoms with Gasteiger partial charge in [-0.1, -0.05) is 0 Å². The van der Waals surface area contributed by atoms with Crippen LogP contribution in [0.2, 0.25) is 0 Å². The van der Waals surface area contributed by atoms with Gasteiger partial charge in [0.25, 0.3) is 0 Å². The van der Waals surface area contributed by atoms with E-state index < -0.39 is 0 Å². The average Bonchev–Trinajstić information content (AvgIpc) is 2.92. The minimum absolute atomic E-state index is 0.109. The number of nitrogens with zero attached hydrogens (tertiary/aromatic N) is 4. The Labute approximate surface area is 137 Å². The molecule has 8 heteroatoms. The zero-order valence-corrected chi connectivity index (χ0v) is 13.3. The number of nitriles is 1. The molecular weight excluding hydrogens is 314 g/mol. The minimum Gasteiger partial charge on any atom is -0.472 e. The first-order valence-electron chi connectivity index (χ1n) is 7.10. The fourth-order valence-electron chi connectivity index (χ4n) is 2.22. The molecule has 2 aromatic heterocycles. The van der Waals surface area contributed by atoms with E-state index >= 15 is 0 Å². The monoisotopic (exact) mass is 329 g/mol. The Morgan fingerprint density at radius 1 is 1.48 bits per heavy atom. The maximum atomic E-state index is 11.0. The lowest BCUT2D eigenvalue weighted by atomic mass is 10.1. The predicted molar refractivity (Wildman–Crippen MR) is 85.1 cm³/mol. The quantitative estimate of drug-likeness (QED) is 0.896. The number of amides is 1. The first-order valence-corrected chi connectivity index (χ1v) is 7.91. The van der Waals surface area contributed by atoms with Crippen molar-refractivity contribution in [3.05, 3.63) is 35.0 Å². The molecular formula is C15H15N5O2S. The van der Waals surface area contributed by atoms with Gasteiger partial charge in [0.2, 0.25) is 11.8 Å². The molecule has 1 aliphatic rings. The number of anilines is 1. The zero-order chi connectivity index (χ0) is 16.2. The normalized spacial score (nSPS) is 14.8. The van der Waals surface area contributed by atoms with Gasteiger partial charge < -0.3 is 10.1 Å². The van der Waals surface area contributed by atoms with Crippen molar-refractivity contribution in [1.82, 2.24) is 14.9 Å². The largest absolute Gasteiger partial charge is 0.472 e. The van der Waals surface area contributed by atoms with Crippen LogP contribution in [0.15, 0.2) is 24.5 Å². The molecule has 2 aromatic rings. The first-order chi connectivity index (χ1) is 11.1. The number of nitrogens with one attached hydrogen (secondary N) is 1. The van der Waals surface area contributed by atoms with Gasteiger partial charge in [0.15, 0.2) is 5.13 Å². The Kier molecular flexibility index (Phi) is 4.50. The van der Waals surface area contributed by atoms with Gasteiger partial charge in [0.05, 0.1) is 5.56 Å². The van der Waals surface area contributed by atoms with Crippen molar-refractivity contribution in [2.24, 2.45) is 0 Å². The van der Waals surface area contributed by atoms with Gasteiger partial charge in [0.1, 0.15) is 12.2 Å². The molecule has 1 amide bonds. The summed E-state index contributed by atoms with van der Waals surface area (Å²) < 4.78 is 5.74. The van der Waals surface area contributed by atoms with Crippen LogP contribution in [0.3, 0.4) is 0 Å².